The Kier molecular flexibility index (Phi) is 8.78. The maximum absolute atomic E-state index is 5.16. The van der Waals surface area contributed by atoms with E-state index in [9.17, 15) is 0 Å². The van der Waals surface area contributed by atoms with E-state index in [1.807, 2.05) is 0 Å². The molecular weight excluding hydrogens is 168 g/mol. The van der Waals surface area contributed by atoms with Crippen LogP contribution in [0, 0.1) is 24.7 Å². The monoisotopic (exact) mass is 186 g/mol. The lowest BCUT2D eigenvalue weighted by Crippen LogP contribution is -1.75. The summed E-state index contributed by atoms with van der Waals surface area (Å²) >= 11 is 0. The standard InChI is InChI=1S/C14H18/c1-4-6-8-9-11-13-14(3)12-10-7-5-2/h1-2,11H,6-10,12H2,3H3. The summed E-state index contributed by atoms with van der Waals surface area (Å²) in [7, 11) is 0. The van der Waals surface area contributed by atoms with E-state index in [4.69, 9.17) is 12.8 Å². The number of terminal acetylenes is 2. The lowest BCUT2D eigenvalue weighted by atomic mass is 10.1. The van der Waals surface area contributed by atoms with E-state index in [1.54, 1.807) is 0 Å². The summed E-state index contributed by atoms with van der Waals surface area (Å²) in [4.78, 5) is 0. The highest BCUT2D eigenvalue weighted by atomic mass is 13.9. The van der Waals surface area contributed by atoms with Crippen LogP contribution >= 0.6 is 0 Å². The molecular formula is C14H18. The van der Waals surface area contributed by atoms with Crippen molar-refractivity contribution in [3.63, 3.8) is 0 Å². The van der Waals surface area contributed by atoms with E-state index in [0.29, 0.717) is 0 Å². The lowest BCUT2D eigenvalue weighted by Gasteiger charge is -1.93. The topological polar surface area (TPSA) is 0 Å². The highest BCUT2D eigenvalue weighted by molar-refractivity contribution is 4.99. The molecule has 0 heterocycles. The second-order valence-corrected chi connectivity index (χ2v) is 3.28. The molecule has 0 saturated heterocycles. The molecule has 0 saturated carbocycles. The van der Waals surface area contributed by atoms with Crippen molar-refractivity contribution in [3.8, 4) is 24.7 Å². The van der Waals surface area contributed by atoms with E-state index in [0.717, 1.165) is 38.5 Å². The van der Waals surface area contributed by atoms with Gasteiger partial charge in [-0.25, -0.2) is 0 Å². The second-order valence-electron chi connectivity index (χ2n) is 3.28. The van der Waals surface area contributed by atoms with Gasteiger partial charge in [0.2, 0.25) is 0 Å². The maximum Gasteiger partial charge on any atom is 0.00893 e. The van der Waals surface area contributed by atoms with Gasteiger partial charge in [-0.1, -0.05) is 0 Å². The Bertz CT molecular complexity index is 274. The van der Waals surface area contributed by atoms with Crippen LogP contribution in [0.3, 0.4) is 0 Å². The third-order valence-corrected chi connectivity index (χ3v) is 1.89. The zero-order valence-electron chi connectivity index (χ0n) is 8.97. The first kappa shape index (κ1) is 12.6. The van der Waals surface area contributed by atoms with Crippen LogP contribution in [0.5, 0.6) is 0 Å². The van der Waals surface area contributed by atoms with Crippen LogP contribution in [0.4, 0.5) is 0 Å². The minimum atomic E-state index is 0.855. The molecule has 0 unspecified atom stereocenters. The Morgan fingerprint density at radius 3 is 2.43 bits per heavy atom. The van der Waals surface area contributed by atoms with Gasteiger partial charge in [0.15, 0.2) is 0 Å². The molecule has 0 amide bonds. The minimum Gasteiger partial charge on any atom is -0.126 e. The van der Waals surface area contributed by atoms with Crippen LogP contribution < -0.4 is 0 Å². The quantitative estimate of drug-likeness (QED) is 0.337. The highest BCUT2D eigenvalue weighted by Crippen LogP contribution is 2.04. The first-order valence-corrected chi connectivity index (χ1v) is 5.08. The van der Waals surface area contributed by atoms with Crippen molar-refractivity contribution >= 4 is 0 Å². The fraction of sp³-hybridized carbons (Fsp3) is 0.500. The summed E-state index contributed by atoms with van der Waals surface area (Å²) in [5.41, 5.74) is 4.53. The number of hydrogen-bond acceptors (Lipinski definition) is 0. The van der Waals surface area contributed by atoms with Gasteiger partial charge in [0.1, 0.15) is 0 Å². The van der Waals surface area contributed by atoms with Gasteiger partial charge >= 0.3 is 0 Å². The Balaban J connectivity index is 3.64. The molecule has 0 aromatic heterocycles. The second kappa shape index (κ2) is 9.73. The smallest absolute Gasteiger partial charge is 0.00893 e. The third kappa shape index (κ3) is 8.73. The molecule has 0 aliphatic heterocycles. The molecule has 0 rings (SSSR count). The van der Waals surface area contributed by atoms with Gasteiger partial charge in [-0.05, 0) is 44.3 Å². The van der Waals surface area contributed by atoms with Gasteiger partial charge in [-0.3, -0.25) is 0 Å². The first-order valence-electron chi connectivity index (χ1n) is 5.08. The first-order chi connectivity index (χ1) is 6.81. The molecule has 0 atom stereocenters. The molecule has 0 aromatic rings. The molecule has 0 nitrogen and oxygen atoms in total. The number of unbranched alkanes of at least 4 members (excludes halogenated alkanes) is 3. The zero-order chi connectivity index (χ0) is 10.6. The zero-order valence-corrected chi connectivity index (χ0v) is 8.97. The molecule has 74 valence electrons. The molecule has 0 heteroatoms. The van der Waals surface area contributed by atoms with Crippen molar-refractivity contribution in [2.45, 2.75) is 45.4 Å². The van der Waals surface area contributed by atoms with Crippen molar-refractivity contribution in [2.75, 3.05) is 0 Å². The van der Waals surface area contributed by atoms with Crippen LogP contribution in [-0.4, -0.2) is 0 Å². The van der Waals surface area contributed by atoms with E-state index >= 15 is 0 Å². The van der Waals surface area contributed by atoms with Gasteiger partial charge in [-0.2, -0.15) is 0 Å². The van der Waals surface area contributed by atoms with Crippen LogP contribution in [-0.2, 0) is 0 Å². The summed E-state index contributed by atoms with van der Waals surface area (Å²) in [6.45, 7) is 2.09. The van der Waals surface area contributed by atoms with Crippen molar-refractivity contribution in [1.82, 2.24) is 0 Å². The number of hydrogen-bond donors (Lipinski definition) is 0. The molecule has 0 fully saturated rings. The fourth-order valence-corrected chi connectivity index (χ4v) is 1.08. The lowest BCUT2D eigenvalue weighted by molar-refractivity contribution is 0.845. The van der Waals surface area contributed by atoms with Crippen molar-refractivity contribution in [2.24, 2.45) is 0 Å². The molecule has 0 aliphatic rings. The van der Waals surface area contributed by atoms with Crippen LogP contribution in [0.2, 0.25) is 0 Å². The summed E-state index contributed by atoms with van der Waals surface area (Å²) in [5, 5.41) is 0. The van der Waals surface area contributed by atoms with Gasteiger partial charge in [0, 0.05) is 12.8 Å². The maximum atomic E-state index is 5.16. The molecule has 0 N–H and O–H groups in total. The summed E-state index contributed by atoms with van der Waals surface area (Å²) in [6, 6.07) is 0. The normalized spacial score (nSPS) is 8.21. The van der Waals surface area contributed by atoms with Gasteiger partial charge < -0.3 is 0 Å². The molecule has 0 bridgehead atoms. The Hall–Kier alpha value is -1.36. The average molecular weight is 186 g/mol. The average Bonchev–Trinajstić information content (AvgIpc) is 2.18. The predicted molar refractivity (Wildman–Crippen MR) is 62.6 cm³/mol. The Morgan fingerprint density at radius 2 is 1.79 bits per heavy atom. The molecule has 0 aliphatic carbocycles. The summed E-state index contributed by atoms with van der Waals surface area (Å²) in [6.07, 6.45) is 18.3. The van der Waals surface area contributed by atoms with Crippen molar-refractivity contribution < 1.29 is 0 Å². The molecule has 0 aromatic carbocycles. The van der Waals surface area contributed by atoms with Crippen LogP contribution in [0.1, 0.15) is 45.4 Å². The SMILES string of the molecule is C#CCCCC=C=C(C)CCCC#C. The van der Waals surface area contributed by atoms with E-state index < -0.39 is 0 Å². The van der Waals surface area contributed by atoms with E-state index in [2.05, 4.69) is 30.6 Å². The Morgan fingerprint density at radius 1 is 1.14 bits per heavy atom. The van der Waals surface area contributed by atoms with E-state index in [1.165, 1.54) is 5.57 Å². The fourth-order valence-electron chi connectivity index (χ4n) is 1.08. The van der Waals surface area contributed by atoms with Gasteiger partial charge in [-0.15, -0.1) is 30.4 Å². The molecule has 0 spiro atoms. The Labute approximate surface area is 88.1 Å². The van der Waals surface area contributed by atoms with E-state index in [-0.39, 0.29) is 0 Å². The largest absolute Gasteiger partial charge is 0.126 e. The number of rotatable bonds is 6. The van der Waals surface area contributed by atoms with Gasteiger partial charge in [0.05, 0.1) is 0 Å². The highest BCUT2D eigenvalue weighted by Gasteiger charge is 1.86. The van der Waals surface area contributed by atoms with Crippen LogP contribution in [0.25, 0.3) is 0 Å². The van der Waals surface area contributed by atoms with Gasteiger partial charge in [0.25, 0.3) is 0 Å². The number of allylic oxidation sites excluding steroid dienone is 1. The summed E-state index contributed by atoms with van der Waals surface area (Å²) < 4.78 is 0. The third-order valence-electron chi connectivity index (χ3n) is 1.89. The van der Waals surface area contributed by atoms with Crippen LogP contribution in [0.15, 0.2) is 17.4 Å². The minimum absolute atomic E-state index is 0.855. The predicted octanol–water partition coefficient (Wildman–Crippen LogP) is 3.69. The van der Waals surface area contributed by atoms with Crippen molar-refractivity contribution in [3.05, 3.63) is 17.4 Å². The molecule has 0 radical (unpaired) electrons. The molecule has 14 heavy (non-hydrogen) atoms. The summed E-state index contributed by atoms with van der Waals surface area (Å²) in [5.74, 6) is 5.25. The van der Waals surface area contributed by atoms with Crippen molar-refractivity contribution in [1.29, 1.82) is 0 Å².